The molecule has 10 nitrogen and oxygen atoms in total. The van der Waals surface area contributed by atoms with Crippen LogP contribution in [-0.2, 0) is 38.4 Å². The van der Waals surface area contributed by atoms with E-state index in [4.69, 9.17) is 5.11 Å². The Morgan fingerprint density at radius 1 is 0.571 bits per heavy atom. The number of aliphatic carboxylic acids is 1. The molecular formula is C25H40O10. The topological polar surface area (TPSA) is 177 Å². The van der Waals surface area contributed by atoms with Gasteiger partial charge in [0.25, 0.3) is 0 Å². The van der Waals surface area contributed by atoms with Crippen LogP contribution in [0.5, 0.6) is 0 Å². The van der Waals surface area contributed by atoms with E-state index in [9.17, 15) is 43.5 Å². The first-order valence-electron chi connectivity index (χ1n) is 11.5. The Hall–Kier alpha value is -2.88. The van der Waals surface area contributed by atoms with Crippen molar-refractivity contribution in [2.24, 2.45) is 0 Å². The van der Waals surface area contributed by atoms with Gasteiger partial charge >= 0.3 is 5.97 Å². The van der Waals surface area contributed by atoms with Gasteiger partial charge in [-0.3, -0.25) is 28.8 Å². The molecule has 0 aromatic heterocycles. The molecule has 35 heavy (non-hydrogen) atoms. The quantitative estimate of drug-likeness (QED) is 0.299. The lowest BCUT2D eigenvalue weighted by Gasteiger charge is -2.20. The van der Waals surface area contributed by atoms with Crippen molar-refractivity contribution in [1.82, 2.24) is 0 Å². The minimum atomic E-state index is -2.24. The van der Waals surface area contributed by atoms with Gasteiger partial charge in [-0.15, -0.1) is 0 Å². The Kier molecular flexibility index (Phi) is 21.5. The van der Waals surface area contributed by atoms with Gasteiger partial charge in [-0.2, -0.15) is 0 Å². The summed E-state index contributed by atoms with van der Waals surface area (Å²) in [4.78, 5) is 85.3. The molecule has 0 saturated heterocycles. The number of carbonyl (C=O) groups is 8. The molecule has 10 heteroatoms. The zero-order valence-electron chi connectivity index (χ0n) is 21.7. The summed E-state index contributed by atoms with van der Waals surface area (Å²) in [5.74, 6) is -2.51. The smallest absolute Gasteiger partial charge is 0.336 e. The normalized spacial score (nSPS) is 11.4. The van der Waals surface area contributed by atoms with Gasteiger partial charge in [0.1, 0.15) is 40.5 Å². The molecule has 0 spiro atoms. The van der Waals surface area contributed by atoms with Crippen molar-refractivity contribution in [2.45, 2.75) is 111 Å². The van der Waals surface area contributed by atoms with E-state index >= 15 is 0 Å². The Labute approximate surface area is 206 Å². The lowest BCUT2D eigenvalue weighted by molar-refractivity contribution is -0.163. The Morgan fingerprint density at radius 2 is 1.06 bits per heavy atom. The van der Waals surface area contributed by atoms with E-state index in [1.807, 2.05) is 6.92 Å². The van der Waals surface area contributed by atoms with Gasteiger partial charge in [0.05, 0.1) is 12.8 Å². The third-order valence-corrected chi connectivity index (χ3v) is 4.44. The molecule has 0 aromatic rings. The van der Waals surface area contributed by atoms with Crippen LogP contribution in [0.4, 0.5) is 0 Å². The third kappa shape index (κ3) is 24.1. The number of Topliss-reactive ketones (excluding diaryl/α,β-unsaturated/α-hetero) is 7. The van der Waals surface area contributed by atoms with Gasteiger partial charge in [0.15, 0.2) is 5.60 Å². The molecule has 0 bridgehead atoms. The van der Waals surface area contributed by atoms with Crippen LogP contribution in [0, 0.1) is 0 Å². The Balaban J connectivity index is -0.000000447. The van der Waals surface area contributed by atoms with Gasteiger partial charge in [0, 0.05) is 44.9 Å². The highest BCUT2D eigenvalue weighted by atomic mass is 16.4. The number of ketones is 7. The summed E-state index contributed by atoms with van der Waals surface area (Å²) in [6.45, 7) is 9.17. The molecule has 1 atom stereocenters. The summed E-state index contributed by atoms with van der Waals surface area (Å²) in [6, 6.07) is 0. The minimum absolute atomic E-state index is 0.0872. The predicted octanol–water partition coefficient (Wildman–Crippen LogP) is 2.78. The molecule has 0 radical (unpaired) electrons. The van der Waals surface area contributed by atoms with Crippen LogP contribution >= 0.6 is 0 Å². The first-order valence-corrected chi connectivity index (χ1v) is 11.5. The highest BCUT2D eigenvalue weighted by molar-refractivity contribution is 6.06. The molecule has 0 aromatic carbocycles. The van der Waals surface area contributed by atoms with Crippen LogP contribution in [0.15, 0.2) is 0 Å². The highest BCUT2D eigenvalue weighted by Crippen LogP contribution is 2.17. The summed E-state index contributed by atoms with van der Waals surface area (Å²) in [6.07, 6.45) is 1.70. The summed E-state index contributed by atoms with van der Waals surface area (Å²) in [5.41, 5.74) is -2.24. The van der Waals surface area contributed by atoms with E-state index < -0.39 is 30.2 Å². The molecule has 1 unspecified atom stereocenters. The number of hydrogen-bond acceptors (Lipinski definition) is 9. The number of aliphatic hydroxyl groups is 1. The van der Waals surface area contributed by atoms with Gasteiger partial charge in [-0.05, 0) is 27.2 Å². The van der Waals surface area contributed by atoms with E-state index in [1.165, 1.54) is 13.8 Å². The maximum Gasteiger partial charge on any atom is 0.336 e. The Bertz CT molecular complexity index is 766. The fraction of sp³-hybridized carbons (Fsp3) is 0.680. The van der Waals surface area contributed by atoms with Crippen LogP contribution in [0.3, 0.4) is 0 Å². The molecule has 0 saturated carbocycles. The van der Waals surface area contributed by atoms with E-state index in [2.05, 4.69) is 0 Å². The lowest BCUT2D eigenvalue weighted by Crippen LogP contribution is -2.42. The standard InChI is InChI=1S/C9H14O5.C8H12O3.C8H14O2/c1-3-7(11)5-9(14,8(12)13)4-6(2)10;1-3-7(10)5-8(11)4-6(2)9;1-3-8(10)6-4-5-7(2)9/h14H,3-5H2,1-2H3,(H,12,13);3-5H2,1-2H3;3-6H2,1-2H3. The molecule has 0 aliphatic heterocycles. The molecule has 0 rings (SSSR count). The molecular weight excluding hydrogens is 460 g/mol. The van der Waals surface area contributed by atoms with Gasteiger partial charge in [0.2, 0.25) is 0 Å². The molecule has 0 heterocycles. The van der Waals surface area contributed by atoms with Gasteiger partial charge in [-0.1, -0.05) is 20.8 Å². The second kappa shape index (κ2) is 20.5. The molecule has 2 N–H and O–H groups in total. The predicted molar refractivity (Wildman–Crippen MR) is 128 cm³/mol. The van der Waals surface area contributed by atoms with Crippen LogP contribution in [-0.4, -0.2) is 62.3 Å². The fourth-order valence-electron chi connectivity index (χ4n) is 2.47. The van der Waals surface area contributed by atoms with Crippen molar-refractivity contribution >= 4 is 46.5 Å². The van der Waals surface area contributed by atoms with E-state index in [0.717, 1.165) is 6.42 Å². The van der Waals surface area contributed by atoms with Crippen molar-refractivity contribution in [2.75, 3.05) is 0 Å². The maximum atomic E-state index is 11.0. The van der Waals surface area contributed by atoms with Gasteiger partial charge < -0.3 is 15.0 Å². The molecule has 0 aliphatic carbocycles. The largest absolute Gasteiger partial charge is 0.479 e. The second-order valence-electron chi connectivity index (χ2n) is 8.22. The van der Waals surface area contributed by atoms with Crippen LogP contribution in [0.1, 0.15) is 106 Å². The molecule has 0 aliphatic rings. The van der Waals surface area contributed by atoms with E-state index in [0.29, 0.717) is 25.7 Å². The summed E-state index contributed by atoms with van der Waals surface area (Å²) in [7, 11) is 0. The zero-order chi connectivity index (χ0) is 28.2. The van der Waals surface area contributed by atoms with E-state index in [1.54, 1.807) is 20.8 Å². The number of carboxylic acids is 1. The fourth-order valence-corrected chi connectivity index (χ4v) is 2.47. The lowest BCUT2D eigenvalue weighted by atomic mass is 9.91. The SMILES string of the molecule is CCC(=O)CC(=O)CC(C)=O.CCC(=O)CC(O)(CC(C)=O)C(=O)O.CCC(=O)CCCC(C)=O. The monoisotopic (exact) mass is 500 g/mol. The van der Waals surface area contributed by atoms with Crippen LogP contribution in [0.25, 0.3) is 0 Å². The molecule has 200 valence electrons. The Morgan fingerprint density at radius 3 is 1.40 bits per heavy atom. The second-order valence-corrected chi connectivity index (χ2v) is 8.22. The molecule has 0 fully saturated rings. The highest BCUT2D eigenvalue weighted by Gasteiger charge is 2.38. The number of hydrogen-bond donors (Lipinski definition) is 2. The van der Waals surface area contributed by atoms with Crippen molar-refractivity contribution in [3.8, 4) is 0 Å². The average Bonchev–Trinajstić information content (AvgIpc) is 2.72. The maximum absolute atomic E-state index is 11.0. The van der Waals surface area contributed by atoms with Crippen molar-refractivity contribution in [3.63, 3.8) is 0 Å². The van der Waals surface area contributed by atoms with Gasteiger partial charge in [-0.25, -0.2) is 4.79 Å². The average molecular weight is 501 g/mol. The third-order valence-electron chi connectivity index (χ3n) is 4.44. The molecule has 0 amide bonds. The van der Waals surface area contributed by atoms with Crippen LogP contribution < -0.4 is 0 Å². The number of carbonyl (C=O) groups excluding carboxylic acids is 7. The van der Waals surface area contributed by atoms with E-state index in [-0.39, 0.29) is 54.0 Å². The summed E-state index contributed by atoms with van der Waals surface area (Å²) < 4.78 is 0. The number of carboxylic acid groups (broad SMARTS) is 1. The first kappa shape index (κ1) is 36.7. The first-order chi connectivity index (χ1) is 16.0. The van der Waals surface area contributed by atoms with Crippen molar-refractivity contribution < 1.29 is 48.6 Å². The summed E-state index contributed by atoms with van der Waals surface area (Å²) >= 11 is 0. The number of rotatable bonds is 16. The summed E-state index contributed by atoms with van der Waals surface area (Å²) in [5, 5.41) is 18.2. The van der Waals surface area contributed by atoms with Crippen molar-refractivity contribution in [1.29, 1.82) is 0 Å². The van der Waals surface area contributed by atoms with Crippen molar-refractivity contribution in [3.05, 3.63) is 0 Å². The zero-order valence-corrected chi connectivity index (χ0v) is 21.7. The van der Waals surface area contributed by atoms with Crippen LogP contribution in [0.2, 0.25) is 0 Å². The minimum Gasteiger partial charge on any atom is -0.479 e.